The molecule has 5 nitrogen and oxygen atoms in total. The van der Waals surface area contributed by atoms with Crippen LogP contribution in [0.3, 0.4) is 0 Å². The number of sulfone groups is 1. The molecule has 4 rings (SSSR count). The Morgan fingerprint density at radius 2 is 1.86 bits per heavy atom. The second-order valence-electron chi connectivity index (χ2n) is 9.54. The van der Waals surface area contributed by atoms with Gasteiger partial charge >= 0.3 is 6.18 Å². The third-order valence-electron chi connectivity index (χ3n) is 6.66. The van der Waals surface area contributed by atoms with E-state index in [2.05, 4.69) is 5.16 Å². The lowest BCUT2D eigenvalue weighted by molar-refractivity contribution is -0.137. The lowest BCUT2D eigenvalue weighted by Crippen LogP contribution is -2.52. The van der Waals surface area contributed by atoms with Gasteiger partial charge in [-0.25, -0.2) is 12.8 Å². The number of aryl methyl sites for hydroxylation is 1. The molecule has 35 heavy (non-hydrogen) atoms. The number of hydrogen-bond acceptors (Lipinski definition) is 5. The lowest BCUT2D eigenvalue weighted by Gasteiger charge is -2.47. The first kappa shape index (κ1) is 25.5. The molecule has 0 radical (unpaired) electrons. The first-order valence-electron chi connectivity index (χ1n) is 11.4. The van der Waals surface area contributed by atoms with Gasteiger partial charge in [0.2, 0.25) is 0 Å². The molecule has 1 unspecified atom stereocenters. The molecule has 1 fully saturated rings. The van der Waals surface area contributed by atoms with Crippen LogP contribution in [0.4, 0.5) is 17.6 Å². The highest BCUT2D eigenvalue weighted by molar-refractivity contribution is 7.92. The smallest absolute Gasteiger partial charge is 0.416 e. The summed E-state index contributed by atoms with van der Waals surface area (Å²) in [5, 5.41) is 4.18. The van der Waals surface area contributed by atoms with Gasteiger partial charge in [0.1, 0.15) is 22.9 Å². The molecular formula is C25H27F4NO4S. The van der Waals surface area contributed by atoms with E-state index in [4.69, 9.17) is 9.57 Å². The van der Waals surface area contributed by atoms with Gasteiger partial charge in [-0.2, -0.15) is 13.2 Å². The zero-order chi connectivity index (χ0) is 25.6. The number of nitrogens with zero attached hydrogens (tertiary/aromatic N) is 1. The Balaban J connectivity index is 1.84. The van der Waals surface area contributed by atoms with E-state index < -0.39 is 38.1 Å². The Labute approximate surface area is 202 Å². The Bertz CT molecular complexity index is 1240. The number of ether oxygens (including phenoxy) is 1. The van der Waals surface area contributed by atoms with Crippen molar-refractivity contribution in [3.8, 4) is 5.75 Å². The predicted octanol–water partition coefficient (Wildman–Crippen LogP) is 6.04. The first-order chi connectivity index (χ1) is 16.4. The van der Waals surface area contributed by atoms with Gasteiger partial charge in [0, 0.05) is 5.92 Å². The normalized spacial score (nSPS) is 23.5. The minimum atomic E-state index is -4.61. The van der Waals surface area contributed by atoms with Crippen LogP contribution in [0, 0.1) is 24.6 Å². The van der Waals surface area contributed by atoms with Gasteiger partial charge < -0.3 is 9.57 Å². The maximum atomic E-state index is 15.4. The summed E-state index contributed by atoms with van der Waals surface area (Å²) in [4.78, 5) is 5.10. The fraction of sp³-hybridized carbons (Fsp3) is 0.480. The Kier molecular flexibility index (Phi) is 6.63. The van der Waals surface area contributed by atoms with Crippen LogP contribution in [-0.4, -0.2) is 27.3 Å². The second kappa shape index (κ2) is 9.11. The predicted molar refractivity (Wildman–Crippen MR) is 123 cm³/mol. The number of rotatable bonds is 5. The van der Waals surface area contributed by atoms with Crippen LogP contribution >= 0.6 is 0 Å². The SMILES string of the molecule is Cc1ccc(F)c2c1OCC1C/C(=N\OCC(C)C)CC[C@@]21S(=O)(=O)c1ccc(C(F)(F)F)cc1. The molecule has 1 aliphatic carbocycles. The van der Waals surface area contributed by atoms with Crippen molar-refractivity contribution in [3.63, 3.8) is 0 Å². The molecule has 1 heterocycles. The molecule has 2 atom stereocenters. The van der Waals surface area contributed by atoms with Gasteiger partial charge in [-0.3, -0.25) is 0 Å². The van der Waals surface area contributed by atoms with E-state index in [0.717, 1.165) is 24.3 Å². The van der Waals surface area contributed by atoms with E-state index in [1.807, 2.05) is 13.8 Å². The summed E-state index contributed by atoms with van der Waals surface area (Å²) in [6.45, 7) is 6.04. The molecule has 0 spiro atoms. The molecule has 0 saturated heterocycles. The minimum Gasteiger partial charge on any atom is -0.492 e. The van der Waals surface area contributed by atoms with E-state index in [1.165, 1.54) is 12.1 Å². The van der Waals surface area contributed by atoms with Crippen molar-refractivity contribution in [2.75, 3.05) is 13.2 Å². The number of fused-ring (bicyclic) bond motifs is 3. The van der Waals surface area contributed by atoms with Crippen molar-refractivity contribution >= 4 is 15.5 Å². The van der Waals surface area contributed by atoms with E-state index in [0.29, 0.717) is 17.9 Å². The first-order valence-corrected chi connectivity index (χ1v) is 12.9. The summed E-state index contributed by atoms with van der Waals surface area (Å²) in [5.41, 5.74) is 0.214. The molecule has 10 heteroatoms. The highest BCUT2D eigenvalue weighted by Crippen LogP contribution is 2.56. The summed E-state index contributed by atoms with van der Waals surface area (Å²) in [6.07, 6.45) is -4.17. The maximum Gasteiger partial charge on any atom is 0.416 e. The topological polar surface area (TPSA) is 65.0 Å². The number of halogens is 4. The number of hydrogen-bond donors (Lipinski definition) is 0. The number of oxime groups is 1. The average Bonchev–Trinajstić information content (AvgIpc) is 2.80. The summed E-state index contributed by atoms with van der Waals surface area (Å²) in [7, 11) is -4.34. The van der Waals surface area contributed by atoms with Crippen molar-refractivity contribution in [1.82, 2.24) is 0 Å². The zero-order valence-corrected chi connectivity index (χ0v) is 20.5. The lowest BCUT2D eigenvalue weighted by atomic mass is 9.72. The molecule has 0 amide bonds. The van der Waals surface area contributed by atoms with E-state index in [1.54, 1.807) is 6.92 Å². The van der Waals surface area contributed by atoms with E-state index in [9.17, 15) is 21.6 Å². The van der Waals surface area contributed by atoms with Crippen LogP contribution < -0.4 is 4.74 Å². The molecule has 0 N–H and O–H groups in total. The van der Waals surface area contributed by atoms with Crippen LogP contribution in [0.25, 0.3) is 0 Å². The Morgan fingerprint density at radius 3 is 2.49 bits per heavy atom. The molecule has 0 bridgehead atoms. The number of alkyl halides is 3. The van der Waals surface area contributed by atoms with Gasteiger partial charge in [0.25, 0.3) is 0 Å². The Hall–Kier alpha value is -2.62. The van der Waals surface area contributed by atoms with Crippen molar-refractivity contribution in [2.45, 2.75) is 55.9 Å². The fourth-order valence-corrected chi connectivity index (χ4v) is 7.25. The van der Waals surface area contributed by atoms with Gasteiger partial charge in [-0.1, -0.05) is 25.1 Å². The summed E-state index contributed by atoms with van der Waals surface area (Å²) in [5.74, 6) is -0.992. The highest BCUT2D eigenvalue weighted by Gasteiger charge is 2.59. The van der Waals surface area contributed by atoms with E-state index >= 15 is 4.39 Å². The molecule has 190 valence electrons. The zero-order valence-electron chi connectivity index (χ0n) is 19.7. The average molecular weight is 514 g/mol. The van der Waals surface area contributed by atoms with Crippen LogP contribution in [0.1, 0.15) is 49.8 Å². The van der Waals surface area contributed by atoms with Crippen molar-refractivity contribution < 1.29 is 35.6 Å². The van der Waals surface area contributed by atoms with Crippen LogP contribution in [0.5, 0.6) is 5.75 Å². The van der Waals surface area contributed by atoms with Crippen LogP contribution in [0.2, 0.25) is 0 Å². The van der Waals surface area contributed by atoms with Crippen molar-refractivity contribution in [2.24, 2.45) is 17.0 Å². The standard InChI is InChI=1S/C25H27F4NO4S/c1-15(2)13-34-30-19-10-11-24(35(31,32)20-7-5-17(6-8-20)25(27,28)29)18(12-19)14-33-23-16(3)4-9-21(26)22(23)24/h4-9,15,18H,10-14H2,1-3H3/b30-19-/t18?,24-/m0/s1. The summed E-state index contributed by atoms with van der Waals surface area (Å²) in [6, 6.07) is 6.09. The molecular weight excluding hydrogens is 486 g/mol. The minimum absolute atomic E-state index is 0.000356. The Morgan fingerprint density at radius 1 is 1.17 bits per heavy atom. The maximum absolute atomic E-state index is 15.4. The molecule has 2 aromatic rings. The molecule has 0 aromatic heterocycles. The van der Waals surface area contributed by atoms with Crippen LogP contribution in [0.15, 0.2) is 46.4 Å². The van der Waals surface area contributed by atoms with E-state index in [-0.39, 0.29) is 48.0 Å². The summed E-state index contributed by atoms with van der Waals surface area (Å²) >= 11 is 0. The third-order valence-corrected chi connectivity index (χ3v) is 9.25. The molecule has 2 aromatic carbocycles. The number of benzene rings is 2. The quantitative estimate of drug-likeness (QED) is 0.361. The van der Waals surface area contributed by atoms with Gasteiger partial charge in [0.15, 0.2) is 9.84 Å². The summed E-state index contributed by atoms with van der Waals surface area (Å²) < 4.78 is 87.1. The fourth-order valence-electron chi connectivity index (χ4n) is 4.92. The van der Waals surface area contributed by atoms with Crippen LogP contribution in [-0.2, 0) is 25.6 Å². The van der Waals surface area contributed by atoms with Gasteiger partial charge in [0.05, 0.1) is 28.3 Å². The highest BCUT2D eigenvalue weighted by atomic mass is 32.2. The molecule has 1 saturated carbocycles. The van der Waals surface area contributed by atoms with Crippen molar-refractivity contribution in [1.29, 1.82) is 0 Å². The third kappa shape index (κ3) is 4.41. The second-order valence-corrected chi connectivity index (χ2v) is 11.7. The monoisotopic (exact) mass is 513 g/mol. The van der Waals surface area contributed by atoms with Crippen molar-refractivity contribution in [3.05, 3.63) is 58.9 Å². The van der Waals surface area contributed by atoms with Gasteiger partial charge in [-0.05, 0) is 68.0 Å². The molecule has 1 aliphatic heterocycles. The largest absolute Gasteiger partial charge is 0.492 e. The van der Waals surface area contributed by atoms with Gasteiger partial charge in [-0.15, -0.1) is 0 Å². The molecule has 2 aliphatic rings.